The highest BCUT2D eigenvalue weighted by molar-refractivity contribution is 5.70. The Morgan fingerprint density at radius 3 is 2.62 bits per heavy atom. The van der Waals surface area contributed by atoms with E-state index in [9.17, 15) is 13.6 Å². The van der Waals surface area contributed by atoms with E-state index in [2.05, 4.69) is 4.98 Å². The summed E-state index contributed by atoms with van der Waals surface area (Å²) in [5.41, 5.74) is 5.92. The molecule has 1 aromatic heterocycles. The average molecular weight is 230 g/mol. The van der Waals surface area contributed by atoms with Gasteiger partial charge < -0.3 is 10.8 Å². The number of alkyl halides is 2. The molecular weight excluding hydrogens is 218 g/mol. The lowest BCUT2D eigenvalue weighted by Crippen LogP contribution is -2.11. The molecule has 4 nitrogen and oxygen atoms in total. The Bertz CT molecular complexity index is 408. The molecule has 1 rings (SSSR count). The monoisotopic (exact) mass is 230 g/mol. The van der Waals surface area contributed by atoms with E-state index in [0.29, 0.717) is 11.3 Å². The Balaban J connectivity index is 3.24. The van der Waals surface area contributed by atoms with Gasteiger partial charge in [-0.2, -0.15) is 0 Å². The summed E-state index contributed by atoms with van der Waals surface area (Å²) in [6.07, 6.45) is -3.25. The molecule has 88 valence electrons. The van der Waals surface area contributed by atoms with Gasteiger partial charge in [-0.05, 0) is 18.6 Å². The van der Waals surface area contributed by atoms with Gasteiger partial charge in [0, 0.05) is 12.1 Å². The number of aliphatic carboxylic acids is 1. The second kappa shape index (κ2) is 4.98. The summed E-state index contributed by atoms with van der Waals surface area (Å²) in [4.78, 5) is 14.4. The van der Waals surface area contributed by atoms with Crippen molar-refractivity contribution in [2.45, 2.75) is 26.3 Å². The molecule has 0 aliphatic carbocycles. The van der Waals surface area contributed by atoms with Crippen molar-refractivity contribution in [3.63, 3.8) is 0 Å². The molecule has 16 heavy (non-hydrogen) atoms. The summed E-state index contributed by atoms with van der Waals surface area (Å²) in [5.74, 6) is -1.19. The van der Waals surface area contributed by atoms with E-state index in [-0.39, 0.29) is 17.8 Å². The molecule has 0 atom stereocenters. The predicted molar refractivity (Wildman–Crippen MR) is 53.2 cm³/mol. The number of hydrogen-bond acceptors (Lipinski definition) is 3. The second-order valence-corrected chi connectivity index (χ2v) is 3.36. The zero-order valence-corrected chi connectivity index (χ0v) is 8.70. The van der Waals surface area contributed by atoms with Gasteiger partial charge in [-0.25, -0.2) is 8.78 Å². The topological polar surface area (TPSA) is 76.2 Å². The van der Waals surface area contributed by atoms with E-state index < -0.39 is 18.8 Å². The Kier molecular flexibility index (Phi) is 3.89. The smallest absolute Gasteiger partial charge is 0.309 e. The average Bonchev–Trinajstić information content (AvgIpc) is 2.19. The molecule has 0 fully saturated rings. The molecule has 0 aliphatic rings. The second-order valence-electron chi connectivity index (χ2n) is 3.36. The molecule has 0 saturated heterocycles. The third kappa shape index (κ3) is 2.73. The highest BCUT2D eigenvalue weighted by Gasteiger charge is 2.18. The Morgan fingerprint density at radius 1 is 1.56 bits per heavy atom. The molecule has 0 unspecified atom stereocenters. The quantitative estimate of drug-likeness (QED) is 0.820. The van der Waals surface area contributed by atoms with Crippen molar-refractivity contribution >= 4 is 5.97 Å². The van der Waals surface area contributed by atoms with Crippen LogP contribution in [0.2, 0.25) is 0 Å². The standard InChI is InChI=1S/C10H12F2N2O2/c1-5-2-6(10(11)12)7(3-9(15)16)14-8(5)4-13/h2,10H,3-4,13H2,1H3,(H,15,16). The summed E-state index contributed by atoms with van der Waals surface area (Å²) in [7, 11) is 0. The first-order chi connectivity index (χ1) is 7.45. The van der Waals surface area contributed by atoms with Crippen LogP contribution in [0.4, 0.5) is 8.78 Å². The molecular formula is C10H12F2N2O2. The largest absolute Gasteiger partial charge is 0.481 e. The molecule has 1 heterocycles. The third-order valence-electron chi connectivity index (χ3n) is 2.18. The molecule has 3 N–H and O–H groups in total. The molecule has 0 saturated carbocycles. The lowest BCUT2D eigenvalue weighted by atomic mass is 10.1. The van der Waals surface area contributed by atoms with E-state index in [1.165, 1.54) is 6.07 Å². The van der Waals surface area contributed by atoms with E-state index in [0.717, 1.165) is 0 Å². The number of halogens is 2. The Morgan fingerprint density at radius 2 is 2.19 bits per heavy atom. The van der Waals surface area contributed by atoms with Crippen molar-refractivity contribution in [2.75, 3.05) is 0 Å². The first-order valence-electron chi connectivity index (χ1n) is 4.65. The van der Waals surface area contributed by atoms with Crippen LogP contribution in [-0.2, 0) is 17.8 Å². The number of rotatable bonds is 4. The summed E-state index contributed by atoms with van der Waals surface area (Å²) >= 11 is 0. The zero-order chi connectivity index (χ0) is 12.3. The number of carboxylic acids is 1. The number of carboxylic acid groups (broad SMARTS) is 1. The summed E-state index contributed by atoms with van der Waals surface area (Å²) in [5, 5.41) is 8.59. The lowest BCUT2D eigenvalue weighted by molar-refractivity contribution is -0.136. The normalized spacial score (nSPS) is 10.8. The minimum absolute atomic E-state index is 0.0992. The molecule has 0 bridgehead atoms. The third-order valence-corrected chi connectivity index (χ3v) is 2.18. The maximum Gasteiger partial charge on any atom is 0.309 e. The lowest BCUT2D eigenvalue weighted by Gasteiger charge is -2.10. The van der Waals surface area contributed by atoms with Crippen molar-refractivity contribution in [3.05, 3.63) is 28.6 Å². The van der Waals surface area contributed by atoms with E-state index in [1.54, 1.807) is 6.92 Å². The first kappa shape index (κ1) is 12.5. The number of nitrogens with zero attached hydrogens (tertiary/aromatic N) is 1. The fourth-order valence-electron chi connectivity index (χ4n) is 1.40. The van der Waals surface area contributed by atoms with Gasteiger partial charge in [0.05, 0.1) is 17.8 Å². The van der Waals surface area contributed by atoms with Gasteiger partial charge in [0.15, 0.2) is 0 Å². The van der Waals surface area contributed by atoms with Gasteiger partial charge in [-0.15, -0.1) is 0 Å². The number of carbonyl (C=O) groups is 1. The fourth-order valence-corrected chi connectivity index (χ4v) is 1.40. The highest BCUT2D eigenvalue weighted by atomic mass is 19.3. The molecule has 0 amide bonds. The van der Waals surface area contributed by atoms with E-state index in [1.807, 2.05) is 0 Å². The van der Waals surface area contributed by atoms with Crippen LogP contribution in [0.1, 0.15) is 28.9 Å². The number of hydrogen-bond donors (Lipinski definition) is 2. The number of pyridine rings is 1. The van der Waals surface area contributed by atoms with E-state index in [4.69, 9.17) is 10.8 Å². The van der Waals surface area contributed by atoms with Crippen LogP contribution in [-0.4, -0.2) is 16.1 Å². The van der Waals surface area contributed by atoms with Crippen LogP contribution in [0.3, 0.4) is 0 Å². The summed E-state index contributed by atoms with van der Waals surface area (Å²) in [6.45, 7) is 1.72. The van der Waals surface area contributed by atoms with Gasteiger partial charge in [-0.3, -0.25) is 9.78 Å². The van der Waals surface area contributed by atoms with Gasteiger partial charge in [-0.1, -0.05) is 0 Å². The van der Waals surface area contributed by atoms with Crippen LogP contribution in [0, 0.1) is 6.92 Å². The summed E-state index contributed by atoms with van der Waals surface area (Å²) in [6, 6.07) is 1.25. The number of aromatic nitrogens is 1. The first-order valence-corrected chi connectivity index (χ1v) is 4.65. The van der Waals surface area contributed by atoms with Crippen LogP contribution < -0.4 is 5.73 Å². The maximum atomic E-state index is 12.6. The van der Waals surface area contributed by atoms with Crippen molar-refractivity contribution in [1.29, 1.82) is 0 Å². The Hall–Kier alpha value is -1.56. The van der Waals surface area contributed by atoms with Crippen molar-refractivity contribution in [2.24, 2.45) is 5.73 Å². The predicted octanol–water partition coefficient (Wildman–Crippen LogP) is 1.41. The highest BCUT2D eigenvalue weighted by Crippen LogP contribution is 2.24. The van der Waals surface area contributed by atoms with Crippen molar-refractivity contribution < 1.29 is 18.7 Å². The van der Waals surface area contributed by atoms with Gasteiger partial charge in [0.25, 0.3) is 6.43 Å². The van der Waals surface area contributed by atoms with Crippen LogP contribution in [0.5, 0.6) is 0 Å². The Labute approximate surface area is 91.1 Å². The van der Waals surface area contributed by atoms with E-state index >= 15 is 0 Å². The summed E-state index contributed by atoms with van der Waals surface area (Å²) < 4.78 is 25.3. The fraction of sp³-hybridized carbons (Fsp3) is 0.400. The molecule has 1 aromatic rings. The van der Waals surface area contributed by atoms with Gasteiger partial charge >= 0.3 is 5.97 Å². The maximum absolute atomic E-state index is 12.6. The van der Waals surface area contributed by atoms with Crippen molar-refractivity contribution in [1.82, 2.24) is 4.98 Å². The van der Waals surface area contributed by atoms with Crippen LogP contribution in [0.25, 0.3) is 0 Å². The molecule has 0 aromatic carbocycles. The van der Waals surface area contributed by atoms with Crippen LogP contribution in [0.15, 0.2) is 6.07 Å². The molecule has 0 aliphatic heterocycles. The molecule has 0 spiro atoms. The van der Waals surface area contributed by atoms with Gasteiger partial charge in [0.2, 0.25) is 0 Å². The van der Waals surface area contributed by atoms with Crippen LogP contribution >= 0.6 is 0 Å². The van der Waals surface area contributed by atoms with Crippen molar-refractivity contribution in [3.8, 4) is 0 Å². The number of nitrogens with two attached hydrogens (primary N) is 1. The zero-order valence-electron chi connectivity index (χ0n) is 8.70. The minimum atomic E-state index is -2.73. The molecule has 6 heteroatoms. The minimum Gasteiger partial charge on any atom is -0.481 e. The SMILES string of the molecule is Cc1cc(C(F)F)c(CC(=O)O)nc1CN. The van der Waals surface area contributed by atoms with Gasteiger partial charge in [0.1, 0.15) is 0 Å². The molecule has 0 radical (unpaired) electrons. The number of aryl methyl sites for hydroxylation is 1.